The highest BCUT2D eigenvalue weighted by molar-refractivity contribution is 7.13. The molecule has 26 heavy (non-hydrogen) atoms. The minimum atomic E-state index is 0.840. The van der Waals surface area contributed by atoms with Crippen molar-refractivity contribution in [1.29, 1.82) is 0 Å². The van der Waals surface area contributed by atoms with Gasteiger partial charge in [0, 0.05) is 5.56 Å². The predicted molar refractivity (Wildman–Crippen MR) is 108 cm³/mol. The van der Waals surface area contributed by atoms with E-state index in [0.29, 0.717) is 0 Å². The Kier molecular flexibility index (Phi) is 4.35. The summed E-state index contributed by atoms with van der Waals surface area (Å²) in [7, 11) is 1.68. The fourth-order valence-electron chi connectivity index (χ4n) is 3.05. The molecule has 0 amide bonds. The second-order valence-corrected chi connectivity index (χ2v) is 7.27. The highest BCUT2D eigenvalue weighted by atomic mass is 32.1. The van der Waals surface area contributed by atoms with E-state index in [1.54, 1.807) is 18.4 Å². The highest BCUT2D eigenvalue weighted by Gasteiger charge is 2.15. The van der Waals surface area contributed by atoms with Crippen LogP contribution in [0, 0.1) is 13.8 Å². The van der Waals surface area contributed by atoms with Crippen LogP contribution in [-0.2, 0) is 0 Å². The molecular formula is C22H20N2OS. The van der Waals surface area contributed by atoms with Gasteiger partial charge in [0.1, 0.15) is 11.4 Å². The van der Waals surface area contributed by atoms with E-state index < -0.39 is 0 Å². The molecule has 0 saturated heterocycles. The van der Waals surface area contributed by atoms with Crippen molar-refractivity contribution >= 4 is 11.3 Å². The number of benzene rings is 2. The lowest BCUT2D eigenvalue weighted by atomic mass is 10.0. The summed E-state index contributed by atoms with van der Waals surface area (Å²) >= 11 is 1.71. The van der Waals surface area contributed by atoms with Gasteiger partial charge in [-0.25, -0.2) is 4.68 Å². The van der Waals surface area contributed by atoms with Crippen LogP contribution >= 0.6 is 11.3 Å². The molecule has 0 saturated carbocycles. The summed E-state index contributed by atoms with van der Waals surface area (Å²) in [6.45, 7) is 4.27. The van der Waals surface area contributed by atoms with Gasteiger partial charge in [-0.2, -0.15) is 5.10 Å². The van der Waals surface area contributed by atoms with Gasteiger partial charge < -0.3 is 4.74 Å². The van der Waals surface area contributed by atoms with E-state index >= 15 is 0 Å². The lowest BCUT2D eigenvalue weighted by Crippen LogP contribution is -2.00. The van der Waals surface area contributed by atoms with Crippen molar-refractivity contribution in [3.05, 3.63) is 77.2 Å². The molecule has 130 valence electrons. The van der Waals surface area contributed by atoms with E-state index in [4.69, 9.17) is 9.84 Å². The first-order valence-corrected chi connectivity index (χ1v) is 9.39. The second-order valence-electron chi connectivity index (χ2n) is 6.32. The number of thiophene rings is 1. The monoisotopic (exact) mass is 360 g/mol. The number of aryl methyl sites for hydroxylation is 2. The molecule has 0 N–H and O–H groups in total. The van der Waals surface area contributed by atoms with E-state index in [-0.39, 0.29) is 0 Å². The van der Waals surface area contributed by atoms with Crippen molar-refractivity contribution in [2.24, 2.45) is 0 Å². The third-order valence-corrected chi connectivity index (χ3v) is 5.36. The number of hydrogen-bond acceptors (Lipinski definition) is 3. The van der Waals surface area contributed by atoms with Crippen molar-refractivity contribution in [2.75, 3.05) is 7.11 Å². The predicted octanol–water partition coefficient (Wildman–Crippen LogP) is 5.89. The molecule has 0 aliphatic heterocycles. The molecule has 0 aliphatic rings. The Bertz CT molecular complexity index is 1030. The Hall–Kier alpha value is -2.85. The van der Waals surface area contributed by atoms with Gasteiger partial charge in [0.25, 0.3) is 0 Å². The fraction of sp³-hybridized carbons (Fsp3) is 0.136. The van der Waals surface area contributed by atoms with Crippen molar-refractivity contribution in [3.8, 4) is 33.3 Å². The number of ether oxygens (including phenoxy) is 1. The van der Waals surface area contributed by atoms with Crippen molar-refractivity contribution in [2.45, 2.75) is 13.8 Å². The maximum absolute atomic E-state index is 5.29. The highest BCUT2D eigenvalue weighted by Crippen LogP contribution is 2.33. The van der Waals surface area contributed by atoms with Crippen LogP contribution in [0.25, 0.3) is 27.5 Å². The van der Waals surface area contributed by atoms with Crippen LogP contribution in [0.1, 0.15) is 11.1 Å². The van der Waals surface area contributed by atoms with Crippen LogP contribution < -0.4 is 4.74 Å². The number of methoxy groups -OCH3 is 1. The smallest absolute Gasteiger partial charge is 0.119 e. The number of aromatic nitrogens is 2. The average Bonchev–Trinajstić information content (AvgIpc) is 3.33. The van der Waals surface area contributed by atoms with Gasteiger partial charge in [0.15, 0.2) is 0 Å². The van der Waals surface area contributed by atoms with E-state index in [1.807, 2.05) is 28.9 Å². The first-order chi connectivity index (χ1) is 12.7. The zero-order valence-corrected chi connectivity index (χ0v) is 15.9. The first kappa shape index (κ1) is 16.6. The third kappa shape index (κ3) is 3.04. The molecule has 0 spiro atoms. The number of hydrogen-bond donors (Lipinski definition) is 0. The maximum Gasteiger partial charge on any atom is 0.119 e. The minimum Gasteiger partial charge on any atom is -0.497 e. The summed E-state index contributed by atoms with van der Waals surface area (Å²) < 4.78 is 7.31. The second kappa shape index (κ2) is 6.81. The van der Waals surface area contributed by atoms with Crippen LogP contribution in [0.5, 0.6) is 5.75 Å². The van der Waals surface area contributed by atoms with Crippen molar-refractivity contribution in [3.63, 3.8) is 0 Å². The average molecular weight is 360 g/mol. The molecule has 0 atom stereocenters. The Morgan fingerprint density at radius 3 is 2.46 bits per heavy atom. The molecule has 4 rings (SSSR count). The van der Waals surface area contributed by atoms with Crippen molar-refractivity contribution in [1.82, 2.24) is 9.78 Å². The van der Waals surface area contributed by atoms with Crippen LogP contribution in [0.3, 0.4) is 0 Å². The molecule has 2 heterocycles. The zero-order chi connectivity index (χ0) is 18.1. The topological polar surface area (TPSA) is 27.1 Å². The molecule has 4 heteroatoms. The number of nitrogens with zero attached hydrogens (tertiary/aromatic N) is 2. The van der Waals surface area contributed by atoms with E-state index in [2.05, 4.69) is 55.6 Å². The molecule has 0 aliphatic carbocycles. The lowest BCUT2D eigenvalue weighted by molar-refractivity contribution is 0.414. The molecule has 0 fully saturated rings. The van der Waals surface area contributed by atoms with Gasteiger partial charge >= 0.3 is 0 Å². The standard InChI is InChI=1S/C22H20N2OS/c1-15-6-7-16(2)19(13-15)21-14-20(22-5-4-12-26-22)23-24(21)17-8-10-18(25-3)11-9-17/h4-14H,1-3H3. The summed E-state index contributed by atoms with van der Waals surface area (Å²) in [5, 5.41) is 6.99. The zero-order valence-electron chi connectivity index (χ0n) is 15.1. The molecule has 0 bridgehead atoms. The molecule has 3 nitrogen and oxygen atoms in total. The lowest BCUT2D eigenvalue weighted by Gasteiger charge is -2.11. The van der Waals surface area contributed by atoms with Gasteiger partial charge in [-0.3, -0.25) is 0 Å². The van der Waals surface area contributed by atoms with Crippen molar-refractivity contribution < 1.29 is 4.74 Å². The Balaban J connectivity index is 1.92. The van der Waals surface area contributed by atoms with E-state index in [0.717, 1.165) is 22.8 Å². The summed E-state index contributed by atoms with van der Waals surface area (Å²) in [5.74, 6) is 0.840. The third-order valence-electron chi connectivity index (χ3n) is 4.47. The van der Waals surface area contributed by atoms with Crippen LogP contribution in [-0.4, -0.2) is 16.9 Å². The quantitative estimate of drug-likeness (QED) is 0.453. The largest absolute Gasteiger partial charge is 0.497 e. The Morgan fingerprint density at radius 2 is 1.77 bits per heavy atom. The summed E-state index contributed by atoms with van der Waals surface area (Å²) in [6.07, 6.45) is 0. The SMILES string of the molecule is COc1ccc(-n2nc(-c3cccs3)cc2-c2cc(C)ccc2C)cc1. The van der Waals surface area contributed by atoms with Gasteiger partial charge in [-0.1, -0.05) is 23.8 Å². The summed E-state index contributed by atoms with van der Waals surface area (Å²) in [6, 6.07) is 20.9. The first-order valence-electron chi connectivity index (χ1n) is 8.52. The minimum absolute atomic E-state index is 0.840. The van der Waals surface area contributed by atoms with E-state index in [9.17, 15) is 0 Å². The van der Waals surface area contributed by atoms with Gasteiger partial charge in [-0.05, 0) is 67.3 Å². The van der Waals surface area contributed by atoms with E-state index in [1.165, 1.54) is 21.6 Å². The summed E-state index contributed by atoms with van der Waals surface area (Å²) in [5.41, 5.74) is 6.79. The van der Waals surface area contributed by atoms with Crippen LogP contribution in [0.2, 0.25) is 0 Å². The molecule has 0 unspecified atom stereocenters. The van der Waals surface area contributed by atoms with Gasteiger partial charge in [0.05, 0.1) is 23.4 Å². The molecule has 2 aromatic carbocycles. The van der Waals surface area contributed by atoms with Gasteiger partial charge in [0.2, 0.25) is 0 Å². The molecule has 0 radical (unpaired) electrons. The maximum atomic E-state index is 5.29. The number of rotatable bonds is 4. The fourth-order valence-corrected chi connectivity index (χ4v) is 3.73. The summed E-state index contributed by atoms with van der Waals surface area (Å²) in [4.78, 5) is 1.17. The normalized spacial score (nSPS) is 10.9. The van der Waals surface area contributed by atoms with Crippen LogP contribution in [0.4, 0.5) is 0 Å². The van der Waals surface area contributed by atoms with Gasteiger partial charge in [-0.15, -0.1) is 11.3 Å². The molecule has 4 aromatic rings. The Morgan fingerprint density at radius 1 is 0.962 bits per heavy atom. The van der Waals surface area contributed by atoms with Crippen LogP contribution in [0.15, 0.2) is 66.0 Å². The molecule has 2 aromatic heterocycles. The Labute approximate surface area is 157 Å². The molecular weight excluding hydrogens is 340 g/mol.